The van der Waals surface area contributed by atoms with Gasteiger partial charge in [-0.15, -0.1) is 0 Å². The molecule has 1 aliphatic rings. The molecule has 0 spiro atoms. The van der Waals surface area contributed by atoms with Crippen molar-refractivity contribution in [2.24, 2.45) is 0 Å². The molecule has 0 fully saturated rings. The van der Waals surface area contributed by atoms with E-state index in [1.807, 2.05) is 40.7 Å². The number of hydrogen-bond acceptors (Lipinski definition) is 8. The highest BCUT2D eigenvalue weighted by Gasteiger charge is 2.26. The molecule has 188 valence electrons. The second kappa shape index (κ2) is 10.3. The van der Waals surface area contributed by atoms with Crippen LogP contribution >= 0.6 is 0 Å². The van der Waals surface area contributed by atoms with Crippen molar-refractivity contribution in [1.82, 2.24) is 29.6 Å². The molecule has 4 heterocycles. The number of hydrogen-bond donors (Lipinski definition) is 0. The van der Waals surface area contributed by atoms with Crippen molar-refractivity contribution in [1.29, 1.82) is 0 Å². The molecule has 10 heteroatoms. The molecule has 0 saturated heterocycles. The first-order valence-corrected chi connectivity index (χ1v) is 11.7. The number of pyridine rings is 1. The van der Waals surface area contributed by atoms with Gasteiger partial charge in [0.25, 0.3) is 0 Å². The highest BCUT2D eigenvalue weighted by molar-refractivity contribution is 5.75. The molecule has 0 aromatic carbocycles. The summed E-state index contributed by atoms with van der Waals surface area (Å²) in [6.45, 7) is 10.4. The van der Waals surface area contributed by atoms with Crippen LogP contribution in [0.1, 0.15) is 44.1 Å². The largest absolute Gasteiger partial charge is 0.444 e. The maximum Gasteiger partial charge on any atom is 0.410 e. The summed E-state index contributed by atoms with van der Waals surface area (Å²) in [5.74, 6) is -0.271. The summed E-state index contributed by atoms with van der Waals surface area (Å²) < 4.78 is 12.5. The Morgan fingerprint density at radius 1 is 1.08 bits per heavy atom. The monoisotopic (exact) mass is 490 g/mol. The van der Waals surface area contributed by atoms with Crippen LogP contribution in [-0.2, 0) is 16.1 Å². The molecule has 0 aliphatic carbocycles. The van der Waals surface area contributed by atoms with E-state index in [1.165, 1.54) is 0 Å². The third kappa shape index (κ3) is 5.94. The van der Waals surface area contributed by atoms with Crippen LogP contribution in [0.3, 0.4) is 0 Å². The Labute approximate surface area is 210 Å². The van der Waals surface area contributed by atoms with Crippen molar-refractivity contribution in [3.63, 3.8) is 0 Å². The Morgan fingerprint density at radius 2 is 1.89 bits per heavy atom. The molecule has 0 N–H and O–H groups in total. The van der Waals surface area contributed by atoms with Crippen molar-refractivity contribution in [2.45, 2.75) is 53.2 Å². The van der Waals surface area contributed by atoms with Crippen LogP contribution in [0.5, 0.6) is 5.88 Å². The Bertz CT molecular complexity index is 1280. The Balaban J connectivity index is 1.39. The van der Waals surface area contributed by atoms with E-state index in [2.05, 4.69) is 20.1 Å². The fourth-order valence-corrected chi connectivity index (χ4v) is 4.02. The Morgan fingerprint density at radius 3 is 2.50 bits per heavy atom. The van der Waals surface area contributed by atoms with Crippen molar-refractivity contribution >= 4 is 17.6 Å². The number of aryl methyl sites for hydroxylation is 1. The normalized spacial score (nSPS) is 13.8. The van der Waals surface area contributed by atoms with E-state index in [4.69, 9.17) is 9.47 Å². The molecule has 1 aliphatic heterocycles. The SMILES string of the molecule is Cc1nn(CC(=O)Oc2ccc(-c3cnccn3)cn2)c(C)c1C1=CCN(C(=O)OC(C)(C)C)CC1. The first-order valence-electron chi connectivity index (χ1n) is 11.7. The lowest BCUT2D eigenvalue weighted by atomic mass is 9.98. The molecule has 0 atom stereocenters. The second-order valence-electron chi connectivity index (χ2n) is 9.56. The van der Waals surface area contributed by atoms with Crippen LogP contribution in [0.15, 0.2) is 43.0 Å². The van der Waals surface area contributed by atoms with Gasteiger partial charge in [-0.2, -0.15) is 5.10 Å². The van der Waals surface area contributed by atoms with Gasteiger partial charge in [-0.25, -0.2) is 14.6 Å². The molecule has 4 rings (SSSR count). The van der Waals surface area contributed by atoms with Gasteiger partial charge in [0.2, 0.25) is 5.88 Å². The third-order valence-electron chi connectivity index (χ3n) is 5.66. The fraction of sp³-hybridized carbons (Fsp3) is 0.385. The molecule has 0 saturated carbocycles. The fourth-order valence-electron chi connectivity index (χ4n) is 4.02. The molecule has 0 bridgehead atoms. The molecule has 36 heavy (non-hydrogen) atoms. The lowest BCUT2D eigenvalue weighted by Crippen LogP contribution is -2.39. The predicted octanol–water partition coefficient (Wildman–Crippen LogP) is 3.98. The van der Waals surface area contributed by atoms with E-state index in [-0.39, 0.29) is 18.5 Å². The van der Waals surface area contributed by atoms with Gasteiger partial charge >= 0.3 is 12.1 Å². The number of amides is 1. The van der Waals surface area contributed by atoms with Crippen LogP contribution in [0.4, 0.5) is 4.79 Å². The minimum Gasteiger partial charge on any atom is -0.444 e. The lowest BCUT2D eigenvalue weighted by Gasteiger charge is -2.29. The Kier molecular flexibility index (Phi) is 7.14. The van der Waals surface area contributed by atoms with E-state index < -0.39 is 11.6 Å². The molecule has 10 nitrogen and oxygen atoms in total. The zero-order chi connectivity index (χ0) is 25.9. The van der Waals surface area contributed by atoms with Crippen molar-refractivity contribution in [3.05, 3.63) is 59.9 Å². The number of rotatable bonds is 5. The van der Waals surface area contributed by atoms with Crippen molar-refractivity contribution in [3.8, 4) is 17.1 Å². The van der Waals surface area contributed by atoms with E-state index in [0.29, 0.717) is 25.2 Å². The molecule has 0 radical (unpaired) electrons. The minimum absolute atomic E-state index is 0.0441. The lowest BCUT2D eigenvalue weighted by molar-refractivity contribution is -0.135. The smallest absolute Gasteiger partial charge is 0.410 e. The number of aromatic nitrogens is 5. The minimum atomic E-state index is -0.530. The molecule has 0 unspecified atom stereocenters. The van der Waals surface area contributed by atoms with Crippen LogP contribution in [-0.4, -0.2) is 60.4 Å². The summed E-state index contributed by atoms with van der Waals surface area (Å²) in [6, 6.07) is 3.40. The number of nitrogens with zero attached hydrogens (tertiary/aromatic N) is 6. The quantitative estimate of drug-likeness (QED) is 0.494. The number of esters is 1. The summed E-state index contributed by atoms with van der Waals surface area (Å²) >= 11 is 0. The highest BCUT2D eigenvalue weighted by Crippen LogP contribution is 2.28. The van der Waals surface area contributed by atoms with E-state index in [0.717, 1.165) is 28.1 Å². The average Bonchev–Trinajstić information content (AvgIpc) is 3.11. The van der Waals surface area contributed by atoms with Crippen molar-refractivity contribution in [2.75, 3.05) is 13.1 Å². The van der Waals surface area contributed by atoms with Crippen LogP contribution in [0, 0.1) is 13.8 Å². The molecule has 1 amide bonds. The van der Waals surface area contributed by atoms with E-state index in [1.54, 1.807) is 46.5 Å². The van der Waals surface area contributed by atoms with Gasteiger partial charge in [0, 0.05) is 54.6 Å². The summed E-state index contributed by atoms with van der Waals surface area (Å²) in [7, 11) is 0. The van der Waals surface area contributed by atoms with E-state index in [9.17, 15) is 9.59 Å². The zero-order valence-corrected chi connectivity index (χ0v) is 21.2. The van der Waals surface area contributed by atoms with Crippen LogP contribution in [0.2, 0.25) is 0 Å². The molecule has 3 aromatic heterocycles. The third-order valence-corrected chi connectivity index (χ3v) is 5.66. The van der Waals surface area contributed by atoms with Gasteiger partial charge in [-0.1, -0.05) is 6.08 Å². The van der Waals surface area contributed by atoms with Gasteiger partial charge in [0.1, 0.15) is 12.1 Å². The molecule has 3 aromatic rings. The van der Waals surface area contributed by atoms with Crippen molar-refractivity contribution < 1.29 is 19.1 Å². The molecular formula is C26H30N6O4. The first-order chi connectivity index (χ1) is 17.1. The topological polar surface area (TPSA) is 112 Å². The highest BCUT2D eigenvalue weighted by atomic mass is 16.6. The van der Waals surface area contributed by atoms with Gasteiger partial charge in [0.05, 0.1) is 17.6 Å². The zero-order valence-electron chi connectivity index (χ0n) is 21.2. The second-order valence-corrected chi connectivity index (χ2v) is 9.56. The van der Waals surface area contributed by atoms with Crippen LogP contribution in [0.25, 0.3) is 16.8 Å². The molecular weight excluding hydrogens is 460 g/mol. The number of carbonyl (C=O) groups excluding carboxylic acids is 2. The summed E-state index contributed by atoms with van der Waals surface area (Å²) in [4.78, 5) is 39.1. The summed E-state index contributed by atoms with van der Waals surface area (Å²) in [5, 5.41) is 4.56. The maximum atomic E-state index is 12.6. The number of ether oxygens (including phenoxy) is 2. The first kappa shape index (κ1) is 25.0. The maximum absolute atomic E-state index is 12.6. The summed E-state index contributed by atoms with van der Waals surface area (Å²) in [5.41, 5.74) is 4.72. The van der Waals surface area contributed by atoms with Gasteiger partial charge < -0.3 is 14.4 Å². The Hall–Kier alpha value is -4.08. The average molecular weight is 491 g/mol. The standard InChI is InChI=1S/C26H30N6O4/c1-17-24(19-8-12-31(13-9-19)25(34)36-26(3,4)5)18(2)32(30-17)16-23(33)35-22-7-6-20(14-29-22)21-15-27-10-11-28-21/h6-8,10-11,14-15H,9,12-13,16H2,1-5H3. The van der Waals surface area contributed by atoms with Gasteiger partial charge in [0.15, 0.2) is 0 Å². The van der Waals surface area contributed by atoms with Crippen LogP contribution < -0.4 is 4.74 Å². The number of carbonyl (C=O) groups is 2. The van der Waals surface area contributed by atoms with E-state index >= 15 is 0 Å². The predicted molar refractivity (Wildman–Crippen MR) is 133 cm³/mol. The van der Waals surface area contributed by atoms with Gasteiger partial charge in [-0.3, -0.25) is 14.6 Å². The summed E-state index contributed by atoms with van der Waals surface area (Å²) in [6.07, 6.45) is 8.81. The van der Waals surface area contributed by atoms with Gasteiger partial charge in [-0.05, 0) is 52.7 Å².